The van der Waals surface area contributed by atoms with Crippen LogP contribution in [0.5, 0.6) is 0 Å². The molecule has 1 fully saturated rings. The van der Waals surface area contributed by atoms with Crippen LogP contribution >= 0.6 is 0 Å². The van der Waals surface area contributed by atoms with Crippen molar-refractivity contribution in [3.63, 3.8) is 0 Å². The Bertz CT molecular complexity index is 437. The number of hydrogen-bond acceptors (Lipinski definition) is 3. The molecule has 0 unspecified atom stereocenters. The molecule has 1 aliphatic rings. The van der Waals surface area contributed by atoms with Crippen molar-refractivity contribution in [2.45, 2.75) is 38.8 Å². The lowest BCUT2D eigenvalue weighted by molar-refractivity contribution is -0.134. The molecule has 1 aromatic carbocycles. The molecule has 116 valence electrons. The molecule has 4 heteroatoms. The molecule has 0 bridgehead atoms. The molecule has 4 nitrogen and oxygen atoms in total. The lowest BCUT2D eigenvalue weighted by atomic mass is 10.0. The number of nitrogens with two attached hydrogens (primary N) is 1. The Morgan fingerprint density at radius 2 is 1.81 bits per heavy atom. The van der Waals surface area contributed by atoms with Crippen LogP contribution in [0.1, 0.15) is 38.3 Å². The van der Waals surface area contributed by atoms with Crippen molar-refractivity contribution in [3.8, 4) is 0 Å². The molecule has 1 saturated heterocycles. The van der Waals surface area contributed by atoms with E-state index in [9.17, 15) is 4.79 Å². The van der Waals surface area contributed by atoms with E-state index in [-0.39, 0.29) is 5.91 Å². The number of carbonyl (C=O) groups is 1. The summed E-state index contributed by atoms with van der Waals surface area (Å²) < 4.78 is 0. The Balaban J connectivity index is 1.91. The van der Waals surface area contributed by atoms with Gasteiger partial charge in [0, 0.05) is 19.1 Å². The third-order valence-corrected chi connectivity index (χ3v) is 4.53. The van der Waals surface area contributed by atoms with Gasteiger partial charge in [-0.2, -0.15) is 0 Å². The van der Waals surface area contributed by atoms with Crippen LogP contribution in [0.3, 0.4) is 0 Å². The van der Waals surface area contributed by atoms with E-state index in [0.29, 0.717) is 6.04 Å². The van der Waals surface area contributed by atoms with Crippen LogP contribution in [-0.2, 0) is 4.79 Å². The Morgan fingerprint density at radius 3 is 2.33 bits per heavy atom. The quantitative estimate of drug-likeness (QED) is 0.902. The monoisotopic (exact) mass is 289 g/mol. The van der Waals surface area contributed by atoms with E-state index in [1.54, 1.807) is 0 Å². The number of hydrogen-bond donors (Lipinski definition) is 1. The predicted octanol–water partition coefficient (Wildman–Crippen LogP) is 2.02. The van der Waals surface area contributed by atoms with Crippen molar-refractivity contribution >= 4 is 5.91 Å². The minimum Gasteiger partial charge on any atom is -0.341 e. The molecule has 2 rings (SSSR count). The van der Waals surface area contributed by atoms with Gasteiger partial charge in [-0.3, -0.25) is 4.79 Å². The number of amides is 1. The van der Waals surface area contributed by atoms with E-state index in [2.05, 4.69) is 18.7 Å². The molecule has 1 atom stereocenters. The fraction of sp³-hybridized carbons (Fsp3) is 0.588. The van der Waals surface area contributed by atoms with Gasteiger partial charge in [-0.25, -0.2) is 0 Å². The van der Waals surface area contributed by atoms with Crippen molar-refractivity contribution < 1.29 is 4.79 Å². The predicted molar refractivity (Wildman–Crippen MR) is 85.9 cm³/mol. The Kier molecular flexibility index (Phi) is 5.76. The van der Waals surface area contributed by atoms with Gasteiger partial charge in [0.05, 0.1) is 0 Å². The summed E-state index contributed by atoms with van der Waals surface area (Å²) in [6.07, 6.45) is 2.10. The van der Waals surface area contributed by atoms with Gasteiger partial charge in [0.1, 0.15) is 6.04 Å². The van der Waals surface area contributed by atoms with Crippen molar-refractivity contribution in [2.24, 2.45) is 5.73 Å². The summed E-state index contributed by atoms with van der Waals surface area (Å²) in [6.45, 7) is 8.21. The maximum Gasteiger partial charge on any atom is 0.244 e. The second-order valence-electron chi connectivity index (χ2n) is 5.67. The van der Waals surface area contributed by atoms with Gasteiger partial charge in [-0.15, -0.1) is 0 Å². The number of piperidine rings is 1. The number of carbonyl (C=O) groups excluding carboxylic acids is 1. The lowest BCUT2D eigenvalue weighted by Crippen LogP contribution is -2.48. The first-order valence-electron chi connectivity index (χ1n) is 8.00. The highest BCUT2D eigenvalue weighted by Gasteiger charge is 2.28. The SMILES string of the molecule is CCN(CC)C1CCN(C(=O)[C@H](N)c2ccccc2)CC1. The molecule has 2 N–H and O–H groups in total. The largest absolute Gasteiger partial charge is 0.341 e. The molecular formula is C17H27N3O. The topological polar surface area (TPSA) is 49.6 Å². The summed E-state index contributed by atoms with van der Waals surface area (Å²) in [5, 5.41) is 0. The summed E-state index contributed by atoms with van der Waals surface area (Å²) in [5.74, 6) is 0.0548. The summed E-state index contributed by atoms with van der Waals surface area (Å²) in [4.78, 5) is 16.9. The number of rotatable bonds is 5. The van der Waals surface area contributed by atoms with Crippen LogP contribution < -0.4 is 5.73 Å². The summed E-state index contributed by atoms with van der Waals surface area (Å²) in [7, 11) is 0. The molecule has 1 aliphatic heterocycles. The van der Waals surface area contributed by atoms with Gasteiger partial charge in [0.15, 0.2) is 0 Å². The van der Waals surface area contributed by atoms with E-state index in [1.807, 2.05) is 35.2 Å². The average molecular weight is 289 g/mol. The van der Waals surface area contributed by atoms with Crippen LogP contribution in [0.4, 0.5) is 0 Å². The molecule has 0 radical (unpaired) electrons. The molecule has 0 aromatic heterocycles. The Morgan fingerprint density at radius 1 is 1.24 bits per heavy atom. The number of likely N-dealkylation sites (tertiary alicyclic amines) is 1. The first kappa shape index (κ1) is 16.0. The zero-order chi connectivity index (χ0) is 15.2. The normalized spacial score (nSPS) is 18.0. The minimum atomic E-state index is -0.531. The van der Waals surface area contributed by atoms with Gasteiger partial charge in [0.2, 0.25) is 5.91 Å². The minimum absolute atomic E-state index is 0.0548. The molecule has 1 heterocycles. The highest BCUT2D eigenvalue weighted by atomic mass is 16.2. The fourth-order valence-electron chi connectivity index (χ4n) is 3.19. The van der Waals surface area contributed by atoms with Gasteiger partial charge in [-0.05, 0) is 31.5 Å². The Hall–Kier alpha value is -1.39. The van der Waals surface area contributed by atoms with Crippen LogP contribution in [0.15, 0.2) is 30.3 Å². The summed E-state index contributed by atoms with van der Waals surface area (Å²) >= 11 is 0. The second kappa shape index (κ2) is 7.57. The first-order valence-corrected chi connectivity index (χ1v) is 8.00. The van der Waals surface area contributed by atoms with Crippen LogP contribution in [0.2, 0.25) is 0 Å². The van der Waals surface area contributed by atoms with E-state index in [1.165, 1.54) is 0 Å². The van der Waals surface area contributed by atoms with Crippen molar-refractivity contribution in [3.05, 3.63) is 35.9 Å². The molecular weight excluding hydrogens is 262 g/mol. The lowest BCUT2D eigenvalue weighted by Gasteiger charge is -2.38. The molecule has 0 saturated carbocycles. The second-order valence-corrected chi connectivity index (χ2v) is 5.67. The molecule has 1 aromatic rings. The summed E-state index contributed by atoms with van der Waals surface area (Å²) in [5.41, 5.74) is 7.01. The molecule has 0 spiro atoms. The van der Waals surface area contributed by atoms with Crippen molar-refractivity contribution in [2.75, 3.05) is 26.2 Å². The van der Waals surface area contributed by atoms with Crippen LogP contribution in [0.25, 0.3) is 0 Å². The van der Waals surface area contributed by atoms with Gasteiger partial charge in [0.25, 0.3) is 0 Å². The zero-order valence-corrected chi connectivity index (χ0v) is 13.2. The maximum absolute atomic E-state index is 12.5. The third kappa shape index (κ3) is 3.83. The number of benzene rings is 1. The van der Waals surface area contributed by atoms with E-state index >= 15 is 0 Å². The zero-order valence-electron chi connectivity index (χ0n) is 13.2. The van der Waals surface area contributed by atoms with Gasteiger partial charge in [-0.1, -0.05) is 44.2 Å². The first-order chi connectivity index (χ1) is 10.2. The van der Waals surface area contributed by atoms with Gasteiger partial charge >= 0.3 is 0 Å². The maximum atomic E-state index is 12.5. The van der Waals surface area contributed by atoms with Crippen molar-refractivity contribution in [1.82, 2.24) is 9.80 Å². The van der Waals surface area contributed by atoms with Crippen LogP contribution in [-0.4, -0.2) is 47.9 Å². The highest BCUT2D eigenvalue weighted by molar-refractivity contribution is 5.83. The third-order valence-electron chi connectivity index (χ3n) is 4.53. The standard InChI is InChI=1S/C17H27N3O/c1-3-19(4-2)15-10-12-20(13-11-15)17(21)16(18)14-8-6-5-7-9-14/h5-9,15-16H,3-4,10-13,18H2,1-2H3/t16-/m1/s1. The number of nitrogens with zero attached hydrogens (tertiary/aromatic N) is 2. The molecule has 1 amide bonds. The smallest absolute Gasteiger partial charge is 0.244 e. The van der Waals surface area contributed by atoms with E-state index in [0.717, 1.165) is 44.6 Å². The highest BCUT2D eigenvalue weighted by Crippen LogP contribution is 2.20. The average Bonchev–Trinajstić information content (AvgIpc) is 2.56. The van der Waals surface area contributed by atoms with E-state index in [4.69, 9.17) is 5.73 Å². The van der Waals surface area contributed by atoms with Gasteiger partial charge < -0.3 is 15.5 Å². The van der Waals surface area contributed by atoms with Crippen LogP contribution in [0, 0.1) is 0 Å². The molecule has 21 heavy (non-hydrogen) atoms. The van der Waals surface area contributed by atoms with Crippen molar-refractivity contribution in [1.29, 1.82) is 0 Å². The molecule has 0 aliphatic carbocycles. The Labute approximate surface area is 127 Å². The summed E-state index contributed by atoms with van der Waals surface area (Å²) in [6, 6.07) is 9.71. The van der Waals surface area contributed by atoms with E-state index < -0.39 is 6.04 Å². The fourth-order valence-corrected chi connectivity index (χ4v) is 3.19.